The SMILES string of the molecule is O=C(C#CCl)N1CCCCC1. The summed E-state index contributed by atoms with van der Waals surface area (Å²) in [6.07, 6.45) is 3.41. The molecule has 0 bridgehead atoms. The predicted octanol–water partition coefficient (Wildman–Crippen LogP) is 1.20. The predicted molar refractivity (Wildman–Crippen MR) is 44.1 cm³/mol. The highest BCUT2D eigenvalue weighted by atomic mass is 35.5. The number of likely N-dealkylation sites (tertiary alicyclic amines) is 1. The number of carbonyl (C=O) groups is 1. The summed E-state index contributed by atoms with van der Waals surface area (Å²) in [5, 5.41) is 2.10. The standard InChI is InChI=1S/C8H10ClNO/c9-5-4-8(11)10-6-2-1-3-7-10/h1-3,6-7H2. The fraction of sp³-hybridized carbons (Fsp3) is 0.625. The minimum Gasteiger partial charge on any atom is -0.332 e. The molecule has 0 aromatic heterocycles. The smallest absolute Gasteiger partial charge is 0.299 e. The third kappa shape index (κ3) is 2.44. The molecule has 0 aromatic rings. The minimum absolute atomic E-state index is 0.139. The fourth-order valence-corrected chi connectivity index (χ4v) is 1.30. The van der Waals surface area contributed by atoms with Crippen LogP contribution in [0.2, 0.25) is 0 Å². The van der Waals surface area contributed by atoms with Gasteiger partial charge in [0.25, 0.3) is 5.91 Å². The Balaban J connectivity index is 2.43. The monoisotopic (exact) mass is 171 g/mol. The van der Waals surface area contributed by atoms with Crippen molar-refractivity contribution in [3.05, 3.63) is 0 Å². The number of nitrogens with zero attached hydrogens (tertiary/aromatic N) is 1. The lowest BCUT2D eigenvalue weighted by atomic mass is 10.1. The number of halogens is 1. The van der Waals surface area contributed by atoms with E-state index in [2.05, 4.69) is 11.3 Å². The van der Waals surface area contributed by atoms with Gasteiger partial charge in [0.05, 0.1) is 0 Å². The molecule has 60 valence electrons. The maximum atomic E-state index is 11.1. The third-order valence-corrected chi connectivity index (χ3v) is 1.89. The molecule has 1 fully saturated rings. The largest absolute Gasteiger partial charge is 0.332 e. The Morgan fingerprint density at radius 2 is 1.91 bits per heavy atom. The lowest BCUT2D eigenvalue weighted by Gasteiger charge is -2.24. The van der Waals surface area contributed by atoms with Crippen LogP contribution in [-0.2, 0) is 4.79 Å². The first kappa shape index (κ1) is 8.42. The van der Waals surface area contributed by atoms with E-state index in [1.165, 1.54) is 6.42 Å². The van der Waals surface area contributed by atoms with Crippen molar-refractivity contribution in [3.8, 4) is 11.3 Å². The van der Waals surface area contributed by atoms with Crippen LogP contribution in [0.25, 0.3) is 0 Å². The Morgan fingerprint density at radius 3 is 2.45 bits per heavy atom. The highest BCUT2D eigenvalue weighted by Crippen LogP contribution is 2.07. The zero-order valence-electron chi connectivity index (χ0n) is 6.27. The number of carbonyl (C=O) groups excluding carboxylic acids is 1. The molecule has 0 saturated carbocycles. The average molecular weight is 172 g/mol. The van der Waals surface area contributed by atoms with E-state index in [1.807, 2.05) is 0 Å². The van der Waals surface area contributed by atoms with Crippen LogP contribution in [0.4, 0.5) is 0 Å². The van der Waals surface area contributed by atoms with Gasteiger partial charge in [0, 0.05) is 24.4 Å². The Kier molecular flexibility index (Phi) is 3.25. The molecule has 0 atom stereocenters. The maximum absolute atomic E-state index is 11.1. The quantitative estimate of drug-likeness (QED) is 0.502. The zero-order chi connectivity index (χ0) is 8.10. The van der Waals surface area contributed by atoms with E-state index in [4.69, 9.17) is 11.6 Å². The molecule has 11 heavy (non-hydrogen) atoms. The summed E-state index contributed by atoms with van der Waals surface area (Å²) in [5.41, 5.74) is 0. The van der Waals surface area contributed by atoms with E-state index >= 15 is 0 Å². The lowest BCUT2D eigenvalue weighted by Crippen LogP contribution is -2.34. The molecule has 1 rings (SSSR count). The van der Waals surface area contributed by atoms with Gasteiger partial charge < -0.3 is 4.90 Å². The third-order valence-electron chi connectivity index (χ3n) is 1.80. The number of rotatable bonds is 0. The normalized spacial score (nSPS) is 17.0. The molecule has 1 heterocycles. The summed E-state index contributed by atoms with van der Waals surface area (Å²) < 4.78 is 0. The van der Waals surface area contributed by atoms with E-state index in [-0.39, 0.29) is 5.91 Å². The molecule has 1 aliphatic heterocycles. The van der Waals surface area contributed by atoms with Crippen LogP contribution in [0.3, 0.4) is 0 Å². The van der Waals surface area contributed by atoms with Gasteiger partial charge in [-0.2, -0.15) is 0 Å². The molecule has 3 heteroatoms. The van der Waals surface area contributed by atoms with Crippen molar-refractivity contribution in [2.75, 3.05) is 13.1 Å². The molecular formula is C8H10ClNO. The van der Waals surface area contributed by atoms with Gasteiger partial charge in [-0.1, -0.05) is 0 Å². The summed E-state index contributed by atoms with van der Waals surface area (Å²) in [5.74, 6) is 2.18. The Bertz CT molecular complexity index is 198. The molecule has 0 aliphatic carbocycles. The Morgan fingerprint density at radius 1 is 1.27 bits per heavy atom. The van der Waals surface area contributed by atoms with E-state index < -0.39 is 0 Å². The van der Waals surface area contributed by atoms with Gasteiger partial charge in [-0.25, -0.2) is 0 Å². The summed E-state index contributed by atoms with van der Waals surface area (Å²) in [4.78, 5) is 12.8. The van der Waals surface area contributed by atoms with E-state index in [9.17, 15) is 4.79 Å². The van der Waals surface area contributed by atoms with E-state index in [0.717, 1.165) is 25.9 Å². The van der Waals surface area contributed by atoms with Crippen LogP contribution in [-0.4, -0.2) is 23.9 Å². The molecular weight excluding hydrogens is 162 g/mol. The Labute approximate surface area is 71.5 Å². The average Bonchev–Trinajstić information content (AvgIpc) is 2.07. The molecule has 0 spiro atoms. The second-order valence-corrected chi connectivity index (χ2v) is 2.76. The molecule has 0 unspecified atom stereocenters. The van der Waals surface area contributed by atoms with Gasteiger partial charge in [-0.15, -0.1) is 0 Å². The number of amides is 1. The van der Waals surface area contributed by atoms with Gasteiger partial charge >= 0.3 is 0 Å². The van der Waals surface area contributed by atoms with Crippen LogP contribution in [0.5, 0.6) is 0 Å². The summed E-state index contributed by atoms with van der Waals surface area (Å²) in [6.45, 7) is 1.68. The van der Waals surface area contributed by atoms with Gasteiger partial charge in [0.2, 0.25) is 0 Å². The first-order valence-corrected chi connectivity index (χ1v) is 4.13. The van der Waals surface area contributed by atoms with Crippen LogP contribution in [0.15, 0.2) is 0 Å². The van der Waals surface area contributed by atoms with Crippen molar-refractivity contribution in [2.24, 2.45) is 0 Å². The maximum Gasteiger partial charge on any atom is 0.299 e. The summed E-state index contributed by atoms with van der Waals surface area (Å²) >= 11 is 5.11. The van der Waals surface area contributed by atoms with Crippen molar-refractivity contribution >= 4 is 17.5 Å². The summed E-state index contributed by atoms with van der Waals surface area (Å²) in [7, 11) is 0. The van der Waals surface area contributed by atoms with Crippen LogP contribution >= 0.6 is 11.6 Å². The van der Waals surface area contributed by atoms with Crippen molar-refractivity contribution in [1.82, 2.24) is 4.90 Å². The van der Waals surface area contributed by atoms with E-state index in [1.54, 1.807) is 4.90 Å². The topological polar surface area (TPSA) is 20.3 Å². The summed E-state index contributed by atoms with van der Waals surface area (Å²) in [6, 6.07) is 0. The molecule has 1 aliphatic rings. The minimum atomic E-state index is -0.139. The van der Waals surface area contributed by atoms with E-state index in [0.29, 0.717) is 0 Å². The molecule has 1 saturated heterocycles. The van der Waals surface area contributed by atoms with Crippen molar-refractivity contribution < 1.29 is 4.79 Å². The second kappa shape index (κ2) is 4.25. The molecule has 1 amide bonds. The lowest BCUT2D eigenvalue weighted by molar-refractivity contribution is -0.125. The zero-order valence-corrected chi connectivity index (χ0v) is 7.02. The highest BCUT2D eigenvalue weighted by molar-refractivity contribution is 6.31. The molecule has 0 radical (unpaired) electrons. The van der Waals surface area contributed by atoms with Gasteiger partial charge in [0.1, 0.15) is 0 Å². The second-order valence-electron chi connectivity index (χ2n) is 2.57. The van der Waals surface area contributed by atoms with Gasteiger partial charge in [0.15, 0.2) is 0 Å². The molecule has 0 N–H and O–H groups in total. The van der Waals surface area contributed by atoms with Gasteiger partial charge in [-0.05, 0) is 30.9 Å². The van der Waals surface area contributed by atoms with Crippen LogP contribution in [0.1, 0.15) is 19.3 Å². The number of piperidine rings is 1. The first-order chi connectivity index (χ1) is 5.34. The molecule has 2 nitrogen and oxygen atoms in total. The molecule has 0 aromatic carbocycles. The first-order valence-electron chi connectivity index (χ1n) is 3.75. The Hall–Kier alpha value is -0.680. The number of hydrogen-bond donors (Lipinski definition) is 0. The van der Waals surface area contributed by atoms with Crippen molar-refractivity contribution in [2.45, 2.75) is 19.3 Å². The number of hydrogen-bond acceptors (Lipinski definition) is 1. The van der Waals surface area contributed by atoms with Crippen LogP contribution < -0.4 is 0 Å². The highest BCUT2D eigenvalue weighted by Gasteiger charge is 2.13. The fourth-order valence-electron chi connectivity index (χ4n) is 1.22. The van der Waals surface area contributed by atoms with Crippen LogP contribution in [0, 0.1) is 11.3 Å². The van der Waals surface area contributed by atoms with Crippen molar-refractivity contribution in [1.29, 1.82) is 0 Å². The van der Waals surface area contributed by atoms with Gasteiger partial charge in [-0.3, -0.25) is 4.79 Å². The van der Waals surface area contributed by atoms with Crippen molar-refractivity contribution in [3.63, 3.8) is 0 Å².